The SMILES string of the molecule is CC[C@@]1(c2ccccc2)NC(=O)N(CC(=O)N[C@@H]2CCSc3ccccc32)C1=O. The monoisotopic (exact) mass is 409 g/mol. The summed E-state index contributed by atoms with van der Waals surface area (Å²) in [5, 5.41) is 5.81. The van der Waals surface area contributed by atoms with Crippen LogP contribution in [0, 0.1) is 0 Å². The Hall–Kier alpha value is -2.80. The van der Waals surface area contributed by atoms with Crippen molar-refractivity contribution in [2.24, 2.45) is 0 Å². The van der Waals surface area contributed by atoms with Crippen LogP contribution in [0.3, 0.4) is 0 Å². The molecule has 6 nitrogen and oxygen atoms in total. The summed E-state index contributed by atoms with van der Waals surface area (Å²) < 4.78 is 0. The molecule has 2 heterocycles. The summed E-state index contributed by atoms with van der Waals surface area (Å²) >= 11 is 1.77. The second kappa shape index (κ2) is 7.91. The van der Waals surface area contributed by atoms with E-state index in [0.29, 0.717) is 6.42 Å². The number of benzene rings is 2. The zero-order chi connectivity index (χ0) is 20.4. The summed E-state index contributed by atoms with van der Waals surface area (Å²) in [7, 11) is 0. The molecule has 0 unspecified atom stereocenters. The molecule has 150 valence electrons. The number of carbonyl (C=O) groups excluding carboxylic acids is 3. The first-order valence-electron chi connectivity index (χ1n) is 9.76. The first kappa shape index (κ1) is 19.5. The minimum absolute atomic E-state index is 0.106. The molecule has 2 atom stereocenters. The molecular formula is C22H23N3O3S. The van der Waals surface area contributed by atoms with Gasteiger partial charge < -0.3 is 10.6 Å². The molecular weight excluding hydrogens is 386 g/mol. The Bertz CT molecular complexity index is 949. The van der Waals surface area contributed by atoms with Gasteiger partial charge in [0.05, 0.1) is 6.04 Å². The van der Waals surface area contributed by atoms with Crippen LogP contribution in [0.1, 0.15) is 36.9 Å². The third-order valence-corrected chi connectivity index (χ3v) is 6.69. The standard InChI is InChI=1S/C22H23N3O3S/c1-2-22(15-8-4-3-5-9-15)20(27)25(21(28)24-22)14-19(26)23-17-12-13-29-18-11-7-6-10-16(17)18/h3-11,17H,2,12-14H2,1H3,(H,23,26)(H,24,28)/t17-,22+/m1/s1. The maximum atomic E-state index is 13.2. The van der Waals surface area contributed by atoms with Crippen molar-refractivity contribution in [3.8, 4) is 0 Å². The van der Waals surface area contributed by atoms with Crippen molar-refractivity contribution >= 4 is 29.6 Å². The topological polar surface area (TPSA) is 78.5 Å². The molecule has 2 aliphatic heterocycles. The molecule has 0 aliphatic carbocycles. The number of fused-ring (bicyclic) bond motifs is 1. The van der Waals surface area contributed by atoms with Gasteiger partial charge in [-0.3, -0.25) is 14.5 Å². The molecule has 4 rings (SSSR count). The van der Waals surface area contributed by atoms with Crippen molar-refractivity contribution in [3.63, 3.8) is 0 Å². The van der Waals surface area contributed by atoms with Gasteiger partial charge in [0.2, 0.25) is 5.91 Å². The van der Waals surface area contributed by atoms with Gasteiger partial charge in [-0.25, -0.2) is 4.79 Å². The summed E-state index contributed by atoms with van der Waals surface area (Å²) in [6.07, 6.45) is 1.23. The van der Waals surface area contributed by atoms with Gasteiger partial charge in [0, 0.05) is 10.6 Å². The number of nitrogens with zero attached hydrogens (tertiary/aromatic N) is 1. The van der Waals surface area contributed by atoms with Crippen LogP contribution < -0.4 is 10.6 Å². The maximum Gasteiger partial charge on any atom is 0.325 e. The Labute approximate surface area is 174 Å². The first-order valence-corrected chi connectivity index (χ1v) is 10.7. The first-order chi connectivity index (χ1) is 14.0. The zero-order valence-corrected chi connectivity index (χ0v) is 17.0. The van der Waals surface area contributed by atoms with Crippen LogP contribution in [0.15, 0.2) is 59.5 Å². The normalized spacial score (nSPS) is 23.5. The van der Waals surface area contributed by atoms with Crippen LogP contribution >= 0.6 is 11.8 Å². The molecule has 0 radical (unpaired) electrons. The van der Waals surface area contributed by atoms with E-state index < -0.39 is 11.6 Å². The fraction of sp³-hybridized carbons (Fsp3) is 0.318. The smallest absolute Gasteiger partial charge is 0.325 e. The average molecular weight is 410 g/mol. The Kier molecular flexibility index (Phi) is 5.32. The molecule has 1 fully saturated rings. The van der Waals surface area contributed by atoms with E-state index in [1.165, 1.54) is 0 Å². The molecule has 2 aromatic carbocycles. The number of rotatable bonds is 5. The van der Waals surface area contributed by atoms with Gasteiger partial charge in [-0.1, -0.05) is 55.5 Å². The Balaban J connectivity index is 1.49. The van der Waals surface area contributed by atoms with Gasteiger partial charge in [0.25, 0.3) is 5.91 Å². The second-order valence-corrected chi connectivity index (χ2v) is 8.38. The average Bonchev–Trinajstić information content (AvgIpc) is 3.00. The molecule has 7 heteroatoms. The van der Waals surface area contributed by atoms with E-state index in [1.807, 2.05) is 61.5 Å². The number of amides is 4. The number of nitrogens with one attached hydrogen (secondary N) is 2. The van der Waals surface area contributed by atoms with Crippen molar-refractivity contribution < 1.29 is 14.4 Å². The molecule has 2 aliphatic rings. The highest BCUT2D eigenvalue weighted by atomic mass is 32.2. The van der Waals surface area contributed by atoms with E-state index in [4.69, 9.17) is 0 Å². The van der Waals surface area contributed by atoms with Crippen molar-refractivity contribution in [1.29, 1.82) is 0 Å². The summed E-state index contributed by atoms with van der Waals surface area (Å²) in [4.78, 5) is 40.6. The predicted octanol–water partition coefficient (Wildman–Crippen LogP) is 3.20. The van der Waals surface area contributed by atoms with E-state index in [0.717, 1.165) is 33.1 Å². The molecule has 0 aromatic heterocycles. The van der Waals surface area contributed by atoms with Gasteiger partial charge in [0.15, 0.2) is 0 Å². The molecule has 29 heavy (non-hydrogen) atoms. The lowest BCUT2D eigenvalue weighted by Crippen LogP contribution is -2.45. The molecule has 0 bridgehead atoms. The number of thioether (sulfide) groups is 1. The van der Waals surface area contributed by atoms with E-state index >= 15 is 0 Å². The highest BCUT2D eigenvalue weighted by molar-refractivity contribution is 7.99. The fourth-order valence-corrected chi connectivity index (χ4v) is 5.13. The third kappa shape index (κ3) is 3.51. The summed E-state index contributed by atoms with van der Waals surface area (Å²) in [5.41, 5.74) is 0.690. The van der Waals surface area contributed by atoms with Crippen molar-refractivity contribution in [2.75, 3.05) is 12.3 Å². The molecule has 1 saturated heterocycles. The van der Waals surface area contributed by atoms with Gasteiger partial charge in [-0.2, -0.15) is 0 Å². The Morgan fingerprint density at radius 2 is 1.90 bits per heavy atom. The van der Waals surface area contributed by atoms with Crippen molar-refractivity contribution in [1.82, 2.24) is 15.5 Å². The van der Waals surface area contributed by atoms with Gasteiger partial charge in [0.1, 0.15) is 12.1 Å². The highest BCUT2D eigenvalue weighted by Gasteiger charge is 2.51. The van der Waals surface area contributed by atoms with Crippen LogP contribution in [0.2, 0.25) is 0 Å². The third-order valence-electron chi connectivity index (χ3n) is 5.57. The van der Waals surface area contributed by atoms with Crippen LogP contribution in [-0.4, -0.2) is 35.0 Å². The van der Waals surface area contributed by atoms with Crippen LogP contribution in [0.4, 0.5) is 4.79 Å². The second-order valence-electron chi connectivity index (χ2n) is 7.24. The van der Waals surface area contributed by atoms with Crippen molar-refractivity contribution in [2.45, 2.75) is 36.2 Å². The molecule has 4 amide bonds. The number of imide groups is 1. The van der Waals surface area contributed by atoms with Gasteiger partial charge in [-0.15, -0.1) is 11.8 Å². The lowest BCUT2D eigenvalue weighted by molar-refractivity contribution is -0.135. The van der Waals surface area contributed by atoms with Crippen LogP contribution in [0.25, 0.3) is 0 Å². The summed E-state index contributed by atoms with van der Waals surface area (Å²) in [6, 6.07) is 16.5. The largest absolute Gasteiger partial charge is 0.348 e. The number of carbonyl (C=O) groups is 3. The van der Waals surface area contributed by atoms with Crippen LogP contribution in [0.5, 0.6) is 0 Å². The number of urea groups is 1. The Morgan fingerprint density at radius 1 is 1.17 bits per heavy atom. The predicted molar refractivity (Wildman–Crippen MR) is 111 cm³/mol. The lowest BCUT2D eigenvalue weighted by Gasteiger charge is -2.27. The van der Waals surface area contributed by atoms with Crippen molar-refractivity contribution in [3.05, 3.63) is 65.7 Å². The van der Waals surface area contributed by atoms with E-state index in [9.17, 15) is 14.4 Å². The highest BCUT2D eigenvalue weighted by Crippen LogP contribution is 2.36. The molecule has 0 saturated carbocycles. The summed E-state index contributed by atoms with van der Waals surface area (Å²) in [6.45, 7) is 1.57. The summed E-state index contributed by atoms with van der Waals surface area (Å²) in [5.74, 6) is 0.198. The zero-order valence-electron chi connectivity index (χ0n) is 16.2. The van der Waals surface area contributed by atoms with E-state index in [-0.39, 0.29) is 24.4 Å². The number of hydrogen-bond donors (Lipinski definition) is 2. The van der Waals surface area contributed by atoms with E-state index in [2.05, 4.69) is 10.6 Å². The molecule has 2 N–H and O–H groups in total. The van der Waals surface area contributed by atoms with E-state index in [1.54, 1.807) is 11.8 Å². The molecule has 2 aromatic rings. The van der Waals surface area contributed by atoms with Gasteiger partial charge >= 0.3 is 6.03 Å². The van der Waals surface area contributed by atoms with Gasteiger partial charge in [-0.05, 0) is 30.0 Å². The quantitative estimate of drug-likeness (QED) is 0.744. The fourth-order valence-electron chi connectivity index (χ4n) is 4.01. The minimum atomic E-state index is -1.12. The lowest BCUT2D eigenvalue weighted by atomic mass is 9.87. The molecule has 0 spiro atoms. The number of hydrogen-bond acceptors (Lipinski definition) is 4. The minimum Gasteiger partial charge on any atom is -0.348 e. The maximum absolute atomic E-state index is 13.2. The Morgan fingerprint density at radius 3 is 2.66 bits per heavy atom. The van der Waals surface area contributed by atoms with Crippen LogP contribution in [-0.2, 0) is 15.1 Å².